The molecule has 9 nitrogen and oxygen atoms in total. The minimum absolute atomic E-state index is 0.341. The summed E-state index contributed by atoms with van der Waals surface area (Å²) in [4.78, 5) is 51.7. The molecule has 0 heterocycles. The van der Waals surface area contributed by atoms with E-state index < -0.39 is 42.0 Å². The highest BCUT2D eigenvalue weighted by molar-refractivity contribution is 5.94. The van der Waals surface area contributed by atoms with Crippen LogP contribution in [0.3, 0.4) is 0 Å². The molecule has 2 unspecified atom stereocenters. The molecule has 0 radical (unpaired) electrons. The van der Waals surface area contributed by atoms with E-state index in [-0.39, 0.29) is 5.91 Å². The monoisotopic (exact) mass is 476 g/mol. The first kappa shape index (κ1) is 28.9. The van der Waals surface area contributed by atoms with Crippen molar-refractivity contribution in [2.75, 3.05) is 13.6 Å². The zero-order chi connectivity index (χ0) is 25.9. The number of benzene rings is 1. The van der Waals surface area contributed by atoms with Crippen LogP contribution in [-0.4, -0.2) is 54.0 Å². The summed E-state index contributed by atoms with van der Waals surface area (Å²) in [6, 6.07) is 5.21. The second-order valence-electron chi connectivity index (χ2n) is 9.31. The molecule has 2 atom stereocenters. The Hall–Kier alpha value is -3.10. The molecule has 1 aromatic carbocycles. The summed E-state index contributed by atoms with van der Waals surface area (Å²) in [7, 11) is 1.47. The fraction of sp³-hybridized carbons (Fsp3) is 0.600. The molecule has 1 rings (SSSR count). The van der Waals surface area contributed by atoms with Crippen molar-refractivity contribution >= 4 is 23.8 Å². The predicted octanol–water partition coefficient (Wildman–Crippen LogP) is 2.82. The number of rotatable bonds is 12. The highest BCUT2D eigenvalue weighted by Crippen LogP contribution is 2.22. The van der Waals surface area contributed by atoms with Gasteiger partial charge < -0.3 is 26.0 Å². The van der Waals surface area contributed by atoms with Crippen molar-refractivity contribution in [3.8, 4) is 0 Å². The molecular weight excluding hydrogens is 436 g/mol. The standard InChI is InChI=1S/C25H40N4O5/c1-7-9-10-15-27-22(31)21(18-13-11-17(8-2)12-14-18)29(6)23(32)19(16-20(26)30)28-24(33)34-25(3,4)5/h11-14,19,21H,7-10,15-16H2,1-6H3,(H2,26,30)(H,27,31)(H,28,33). The molecule has 34 heavy (non-hydrogen) atoms. The van der Waals surface area contributed by atoms with Gasteiger partial charge in [0.1, 0.15) is 17.7 Å². The number of hydrogen-bond donors (Lipinski definition) is 3. The Morgan fingerprint density at radius 3 is 2.18 bits per heavy atom. The molecule has 4 amide bonds. The average molecular weight is 477 g/mol. The molecule has 0 spiro atoms. The lowest BCUT2D eigenvalue weighted by molar-refractivity contribution is -0.141. The van der Waals surface area contributed by atoms with Crippen LogP contribution >= 0.6 is 0 Å². The van der Waals surface area contributed by atoms with E-state index in [1.807, 2.05) is 31.2 Å². The summed E-state index contributed by atoms with van der Waals surface area (Å²) in [6.07, 6.45) is 2.37. The van der Waals surface area contributed by atoms with Crippen LogP contribution in [0.1, 0.15) is 77.5 Å². The van der Waals surface area contributed by atoms with Gasteiger partial charge in [-0.05, 0) is 44.7 Å². The van der Waals surface area contributed by atoms with Gasteiger partial charge in [0.2, 0.25) is 17.7 Å². The van der Waals surface area contributed by atoms with Crippen molar-refractivity contribution in [3.63, 3.8) is 0 Å². The lowest BCUT2D eigenvalue weighted by Gasteiger charge is -2.31. The number of likely N-dealkylation sites (N-methyl/N-ethyl adjacent to an activating group) is 1. The van der Waals surface area contributed by atoms with Crippen LogP contribution in [0.2, 0.25) is 0 Å². The van der Waals surface area contributed by atoms with E-state index in [4.69, 9.17) is 10.5 Å². The molecule has 0 saturated carbocycles. The van der Waals surface area contributed by atoms with Crippen molar-refractivity contribution in [1.82, 2.24) is 15.5 Å². The first-order valence-corrected chi connectivity index (χ1v) is 11.8. The molecule has 4 N–H and O–H groups in total. The van der Waals surface area contributed by atoms with Gasteiger partial charge in [-0.15, -0.1) is 0 Å². The Balaban J connectivity index is 3.19. The fourth-order valence-electron chi connectivity index (χ4n) is 3.39. The number of hydrogen-bond acceptors (Lipinski definition) is 5. The summed E-state index contributed by atoms with van der Waals surface area (Å²) in [5, 5.41) is 5.32. The van der Waals surface area contributed by atoms with E-state index in [1.165, 1.54) is 11.9 Å². The third kappa shape index (κ3) is 9.80. The number of amides is 4. The average Bonchev–Trinajstić information content (AvgIpc) is 2.74. The van der Waals surface area contributed by atoms with Crippen LogP contribution in [0.25, 0.3) is 0 Å². The quantitative estimate of drug-likeness (QED) is 0.399. The lowest BCUT2D eigenvalue weighted by Crippen LogP contribution is -2.52. The van der Waals surface area contributed by atoms with Crippen LogP contribution in [-0.2, 0) is 25.5 Å². The maximum absolute atomic E-state index is 13.4. The molecule has 0 aliphatic rings. The molecule has 190 valence electrons. The summed E-state index contributed by atoms with van der Waals surface area (Å²) in [5.41, 5.74) is 6.25. The number of ether oxygens (including phenoxy) is 1. The predicted molar refractivity (Wildman–Crippen MR) is 131 cm³/mol. The highest BCUT2D eigenvalue weighted by Gasteiger charge is 2.34. The van der Waals surface area contributed by atoms with E-state index in [1.54, 1.807) is 20.8 Å². The zero-order valence-electron chi connectivity index (χ0n) is 21.3. The van der Waals surface area contributed by atoms with Gasteiger partial charge in [-0.25, -0.2) is 4.79 Å². The number of unbranched alkanes of at least 4 members (excludes halogenated alkanes) is 2. The van der Waals surface area contributed by atoms with Crippen LogP contribution < -0.4 is 16.4 Å². The van der Waals surface area contributed by atoms with E-state index in [9.17, 15) is 19.2 Å². The maximum Gasteiger partial charge on any atom is 0.408 e. The van der Waals surface area contributed by atoms with Crippen LogP contribution in [0.5, 0.6) is 0 Å². The van der Waals surface area contributed by atoms with Crippen molar-refractivity contribution < 1.29 is 23.9 Å². The Morgan fingerprint density at radius 1 is 1.06 bits per heavy atom. The van der Waals surface area contributed by atoms with Crippen molar-refractivity contribution in [1.29, 1.82) is 0 Å². The first-order chi connectivity index (χ1) is 15.9. The van der Waals surface area contributed by atoms with E-state index in [2.05, 4.69) is 17.6 Å². The number of primary amides is 1. The number of nitrogens with two attached hydrogens (primary N) is 1. The van der Waals surface area contributed by atoms with Gasteiger partial charge in [0.05, 0.1) is 6.42 Å². The molecule has 1 aromatic rings. The molecule has 0 aromatic heterocycles. The molecule has 0 saturated heterocycles. The Bertz CT molecular complexity index is 833. The Morgan fingerprint density at radius 2 is 1.68 bits per heavy atom. The second-order valence-corrected chi connectivity index (χ2v) is 9.31. The van der Waals surface area contributed by atoms with Crippen LogP contribution in [0, 0.1) is 0 Å². The lowest BCUT2D eigenvalue weighted by atomic mass is 10.0. The number of nitrogens with zero attached hydrogens (tertiary/aromatic N) is 1. The number of aryl methyl sites for hydroxylation is 1. The molecule has 0 aliphatic carbocycles. The topological polar surface area (TPSA) is 131 Å². The third-order valence-corrected chi connectivity index (χ3v) is 5.16. The number of carbonyl (C=O) groups is 4. The fourth-order valence-corrected chi connectivity index (χ4v) is 3.39. The number of carbonyl (C=O) groups excluding carboxylic acids is 4. The van der Waals surface area contributed by atoms with Gasteiger partial charge >= 0.3 is 6.09 Å². The molecule has 0 aliphatic heterocycles. The first-order valence-electron chi connectivity index (χ1n) is 11.8. The third-order valence-electron chi connectivity index (χ3n) is 5.16. The van der Waals surface area contributed by atoms with Crippen molar-refractivity contribution in [2.45, 2.75) is 84.4 Å². The van der Waals surface area contributed by atoms with Gasteiger partial charge in [0.15, 0.2) is 0 Å². The normalized spacial score (nSPS) is 12.9. The molecule has 9 heteroatoms. The summed E-state index contributed by atoms with van der Waals surface area (Å²) < 4.78 is 5.22. The smallest absolute Gasteiger partial charge is 0.408 e. The zero-order valence-corrected chi connectivity index (χ0v) is 21.3. The van der Waals surface area contributed by atoms with Gasteiger partial charge in [0.25, 0.3) is 0 Å². The Kier molecular flexibility index (Phi) is 11.5. The van der Waals surface area contributed by atoms with Crippen LogP contribution in [0.15, 0.2) is 24.3 Å². The summed E-state index contributed by atoms with van der Waals surface area (Å²) in [6.45, 7) is 9.63. The molecule has 0 fully saturated rings. The summed E-state index contributed by atoms with van der Waals surface area (Å²) >= 11 is 0. The van der Waals surface area contributed by atoms with Gasteiger partial charge in [-0.3, -0.25) is 14.4 Å². The molecule has 0 bridgehead atoms. The van der Waals surface area contributed by atoms with Gasteiger partial charge in [-0.2, -0.15) is 0 Å². The number of alkyl carbamates (subject to hydrolysis) is 1. The Labute approximate surface area is 202 Å². The summed E-state index contributed by atoms with van der Waals surface area (Å²) in [5.74, 6) is -1.74. The number of nitrogens with one attached hydrogen (secondary N) is 2. The minimum atomic E-state index is -1.28. The molecular formula is C25H40N4O5. The highest BCUT2D eigenvalue weighted by atomic mass is 16.6. The van der Waals surface area contributed by atoms with Gasteiger partial charge in [0, 0.05) is 13.6 Å². The van der Waals surface area contributed by atoms with Crippen molar-refractivity contribution in [3.05, 3.63) is 35.4 Å². The second kappa shape index (κ2) is 13.6. The van der Waals surface area contributed by atoms with E-state index in [0.717, 1.165) is 31.2 Å². The maximum atomic E-state index is 13.4. The SMILES string of the molecule is CCCCCNC(=O)C(c1ccc(CC)cc1)N(C)C(=O)C(CC(N)=O)NC(=O)OC(C)(C)C. The minimum Gasteiger partial charge on any atom is -0.444 e. The van der Waals surface area contributed by atoms with Crippen LogP contribution in [0.4, 0.5) is 4.79 Å². The van der Waals surface area contributed by atoms with E-state index >= 15 is 0 Å². The largest absolute Gasteiger partial charge is 0.444 e. The van der Waals surface area contributed by atoms with Crippen molar-refractivity contribution in [2.24, 2.45) is 5.73 Å². The van der Waals surface area contributed by atoms with Gasteiger partial charge in [-0.1, -0.05) is 51.0 Å². The van der Waals surface area contributed by atoms with E-state index in [0.29, 0.717) is 12.1 Å².